The van der Waals surface area contributed by atoms with Crippen molar-refractivity contribution < 1.29 is 0 Å². The maximum Gasteiger partial charge on any atom is 0.0223 e. The standard InChI is InChI=1S/C15H32N2/c1-5-7-15(11-16-10-6-2)17(13(3)4)12-14-8-9-14/h13-16H,5-12H2,1-4H3. The fourth-order valence-electron chi connectivity index (χ4n) is 2.54. The summed E-state index contributed by atoms with van der Waals surface area (Å²) < 4.78 is 0. The van der Waals surface area contributed by atoms with E-state index in [0.29, 0.717) is 6.04 Å². The van der Waals surface area contributed by atoms with E-state index in [0.717, 1.165) is 18.5 Å². The van der Waals surface area contributed by atoms with Crippen molar-refractivity contribution >= 4 is 0 Å². The van der Waals surface area contributed by atoms with Crippen molar-refractivity contribution in [2.75, 3.05) is 19.6 Å². The van der Waals surface area contributed by atoms with Gasteiger partial charge >= 0.3 is 0 Å². The Balaban J connectivity index is 2.42. The molecule has 1 aliphatic carbocycles. The first kappa shape index (κ1) is 15.0. The lowest BCUT2D eigenvalue weighted by atomic mass is 10.1. The monoisotopic (exact) mass is 240 g/mol. The Morgan fingerprint density at radius 2 is 1.88 bits per heavy atom. The van der Waals surface area contributed by atoms with Gasteiger partial charge in [0, 0.05) is 25.2 Å². The largest absolute Gasteiger partial charge is 0.315 e. The molecule has 1 N–H and O–H groups in total. The van der Waals surface area contributed by atoms with Gasteiger partial charge in [0.25, 0.3) is 0 Å². The van der Waals surface area contributed by atoms with Crippen LogP contribution in [0.1, 0.15) is 59.8 Å². The van der Waals surface area contributed by atoms with Crippen molar-refractivity contribution in [2.24, 2.45) is 5.92 Å². The topological polar surface area (TPSA) is 15.3 Å². The zero-order chi connectivity index (χ0) is 12.7. The average molecular weight is 240 g/mol. The van der Waals surface area contributed by atoms with E-state index in [1.54, 1.807) is 0 Å². The van der Waals surface area contributed by atoms with Crippen LogP contribution < -0.4 is 5.32 Å². The lowest BCUT2D eigenvalue weighted by molar-refractivity contribution is 0.135. The Kier molecular flexibility index (Phi) is 7.14. The Morgan fingerprint density at radius 1 is 1.18 bits per heavy atom. The van der Waals surface area contributed by atoms with E-state index < -0.39 is 0 Å². The minimum atomic E-state index is 0.690. The highest BCUT2D eigenvalue weighted by Crippen LogP contribution is 2.31. The molecular weight excluding hydrogens is 208 g/mol. The van der Waals surface area contributed by atoms with E-state index >= 15 is 0 Å². The first-order chi connectivity index (χ1) is 8.19. The number of hydrogen-bond acceptors (Lipinski definition) is 2. The molecule has 0 bridgehead atoms. The van der Waals surface area contributed by atoms with Gasteiger partial charge in [-0.25, -0.2) is 0 Å². The first-order valence-electron chi connectivity index (χ1n) is 7.65. The van der Waals surface area contributed by atoms with Crippen molar-refractivity contribution in [3.8, 4) is 0 Å². The van der Waals surface area contributed by atoms with Crippen LogP contribution in [0.25, 0.3) is 0 Å². The summed E-state index contributed by atoms with van der Waals surface area (Å²) in [6.07, 6.45) is 6.80. The summed E-state index contributed by atoms with van der Waals surface area (Å²) in [5.74, 6) is 1.00. The molecule has 1 aliphatic rings. The van der Waals surface area contributed by atoms with Gasteiger partial charge in [0.2, 0.25) is 0 Å². The fourth-order valence-corrected chi connectivity index (χ4v) is 2.54. The highest BCUT2D eigenvalue weighted by molar-refractivity contribution is 4.83. The van der Waals surface area contributed by atoms with Crippen LogP contribution in [-0.4, -0.2) is 36.6 Å². The van der Waals surface area contributed by atoms with Gasteiger partial charge in [0.05, 0.1) is 0 Å². The van der Waals surface area contributed by atoms with Crippen molar-refractivity contribution in [1.29, 1.82) is 0 Å². The maximum absolute atomic E-state index is 3.61. The molecule has 0 spiro atoms. The van der Waals surface area contributed by atoms with E-state index in [1.807, 2.05) is 0 Å². The molecule has 0 radical (unpaired) electrons. The van der Waals surface area contributed by atoms with E-state index in [1.165, 1.54) is 45.2 Å². The normalized spacial score (nSPS) is 18.0. The molecule has 0 amide bonds. The van der Waals surface area contributed by atoms with E-state index in [9.17, 15) is 0 Å². The van der Waals surface area contributed by atoms with Crippen LogP contribution in [0.5, 0.6) is 0 Å². The summed E-state index contributed by atoms with van der Waals surface area (Å²) in [4.78, 5) is 2.74. The quantitative estimate of drug-likeness (QED) is 0.590. The zero-order valence-corrected chi connectivity index (χ0v) is 12.3. The smallest absolute Gasteiger partial charge is 0.0223 e. The molecule has 1 atom stereocenters. The van der Waals surface area contributed by atoms with E-state index in [-0.39, 0.29) is 0 Å². The van der Waals surface area contributed by atoms with Crippen LogP contribution in [-0.2, 0) is 0 Å². The Morgan fingerprint density at radius 3 is 2.35 bits per heavy atom. The molecule has 1 saturated carbocycles. The summed E-state index contributed by atoms with van der Waals surface area (Å²) in [7, 11) is 0. The summed E-state index contributed by atoms with van der Waals surface area (Å²) in [5, 5.41) is 3.61. The molecule has 2 heteroatoms. The zero-order valence-electron chi connectivity index (χ0n) is 12.3. The van der Waals surface area contributed by atoms with Crippen molar-refractivity contribution in [3.63, 3.8) is 0 Å². The summed E-state index contributed by atoms with van der Waals surface area (Å²) in [5.41, 5.74) is 0. The van der Waals surface area contributed by atoms with Gasteiger partial charge in [0.15, 0.2) is 0 Å². The maximum atomic E-state index is 3.61. The predicted molar refractivity (Wildman–Crippen MR) is 76.4 cm³/mol. The van der Waals surface area contributed by atoms with Crippen molar-refractivity contribution in [1.82, 2.24) is 10.2 Å². The van der Waals surface area contributed by atoms with Gasteiger partial charge in [-0.1, -0.05) is 20.3 Å². The van der Waals surface area contributed by atoms with Crippen LogP contribution in [0, 0.1) is 5.92 Å². The summed E-state index contributed by atoms with van der Waals surface area (Å²) >= 11 is 0. The molecule has 0 aromatic heterocycles. The molecule has 102 valence electrons. The summed E-state index contributed by atoms with van der Waals surface area (Å²) in [6, 6.07) is 1.43. The molecule has 17 heavy (non-hydrogen) atoms. The molecule has 0 aliphatic heterocycles. The predicted octanol–water partition coefficient (Wildman–Crippen LogP) is 3.28. The molecular formula is C15H32N2. The number of nitrogens with zero attached hydrogens (tertiary/aromatic N) is 1. The third kappa shape index (κ3) is 5.87. The lowest BCUT2D eigenvalue weighted by Crippen LogP contribution is -2.47. The molecule has 0 saturated heterocycles. The number of rotatable bonds is 10. The third-order valence-electron chi connectivity index (χ3n) is 3.73. The van der Waals surface area contributed by atoms with Gasteiger partial charge in [-0.05, 0) is 52.0 Å². The van der Waals surface area contributed by atoms with Crippen LogP contribution in [0.15, 0.2) is 0 Å². The van der Waals surface area contributed by atoms with Gasteiger partial charge in [-0.15, -0.1) is 0 Å². The van der Waals surface area contributed by atoms with E-state index in [2.05, 4.69) is 37.9 Å². The molecule has 1 unspecified atom stereocenters. The van der Waals surface area contributed by atoms with Gasteiger partial charge in [-0.3, -0.25) is 4.90 Å². The molecule has 1 rings (SSSR count). The molecule has 2 nitrogen and oxygen atoms in total. The minimum absolute atomic E-state index is 0.690. The second kappa shape index (κ2) is 8.10. The average Bonchev–Trinajstić information content (AvgIpc) is 3.09. The molecule has 0 aromatic rings. The number of nitrogens with one attached hydrogen (secondary N) is 1. The Labute approximate surface area is 108 Å². The highest BCUT2D eigenvalue weighted by Gasteiger charge is 2.28. The first-order valence-corrected chi connectivity index (χ1v) is 7.65. The highest BCUT2D eigenvalue weighted by atomic mass is 15.2. The van der Waals surface area contributed by atoms with Crippen molar-refractivity contribution in [3.05, 3.63) is 0 Å². The third-order valence-corrected chi connectivity index (χ3v) is 3.73. The van der Waals surface area contributed by atoms with Crippen LogP contribution in [0.2, 0.25) is 0 Å². The lowest BCUT2D eigenvalue weighted by Gasteiger charge is -2.35. The Hall–Kier alpha value is -0.0800. The van der Waals surface area contributed by atoms with E-state index in [4.69, 9.17) is 0 Å². The van der Waals surface area contributed by atoms with Gasteiger partial charge in [0.1, 0.15) is 0 Å². The van der Waals surface area contributed by atoms with Gasteiger partial charge < -0.3 is 5.32 Å². The molecule has 0 aromatic carbocycles. The minimum Gasteiger partial charge on any atom is -0.315 e. The van der Waals surface area contributed by atoms with Crippen LogP contribution >= 0.6 is 0 Å². The fraction of sp³-hybridized carbons (Fsp3) is 1.00. The van der Waals surface area contributed by atoms with Crippen molar-refractivity contribution in [2.45, 2.75) is 71.9 Å². The Bertz CT molecular complexity index is 187. The van der Waals surface area contributed by atoms with Crippen LogP contribution in [0.4, 0.5) is 0 Å². The molecule has 0 heterocycles. The SMILES string of the molecule is CCCNCC(CCC)N(CC1CC1)C(C)C. The summed E-state index contributed by atoms with van der Waals surface area (Å²) in [6.45, 7) is 12.9. The second-order valence-electron chi connectivity index (χ2n) is 5.88. The van der Waals surface area contributed by atoms with Crippen LogP contribution in [0.3, 0.4) is 0 Å². The number of hydrogen-bond donors (Lipinski definition) is 1. The molecule has 1 fully saturated rings. The second-order valence-corrected chi connectivity index (χ2v) is 5.88. The van der Waals surface area contributed by atoms with Gasteiger partial charge in [-0.2, -0.15) is 0 Å².